The van der Waals surface area contributed by atoms with Crippen LogP contribution in [0.1, 0.15) is 10.6 Å². The average molecular weight is 471 g/mol. The fourth-order valence-corrected chi connectivity index (χ4v) is 4.14. The molecule has 1 fully saturated rings. The van der Waals surface area contributed by atoms with Gasteiger partial charge in [0, 0.05) is 11.9 Å². The van der Waals surface area contributed by atoms with Crippen molar-refractivity contribution in [2.75, 3.05) is 32.9 Å². The van der Waals surface area contributed by atoms with Crippen LogP contribution < -0.4 is 0 Å². The number of carboxylic acids is 1. The Morgan fingerprint density at radius 2 is 2.14 bits per heavy atom. The molecule has 150 valence electrons. The van der Waals surface area contributed by atoms with E-state index in [1.165, 1.54) is 16.2 Å². The lowest BCUT2D eigenvalue weighted by atomic mass is 10.1. The summed E-state index contributed by atoms with van der Waals surface area (Å²) in [7, 11) is 0. The Kier molecular flexibility index (Phi) is 7.00. The fraction of sp³-hybridized carbons (Fsp3) is 0.389. The summed E-state index contributed by atoms with van der Waals surface area (Å²) in [5.74, 6) is -1.11. The molecule has 3 rings (SSSR count). The van der Waals surface area contributed by atoms with E-state index in [-0.39, 0.29) is 26.4 Å². The van der Waals surface area contributed by atoms with Crippen LogP contribution in [-0.4, -0.2) is 60.0 Å². The lowest BCUT2D eigenvalue weighted by Crippen LogP contribution is -2.47. The molecule has 1 aliphatic rings. The van der Waals surface area contributed by atoms with E-state index in [1.54, 1.807) is 5.38 Å². The Bertz CT molecular complexity index is 817. The standard InChI is InChI=1S/C18H19BrN2O6S/c19-14-10-28-16(20-14)18(27-9-15(22)23)11-21(6-7-25-12-18)17(24)26-8-13-4-2-1-3-5-13/h1-5,10H,6-9,11-12H2,(H,22,23). The second kappa shape index (κ2) is 9.46. The molecule has 8 nitrogen and oxygen atoms in total. The van der Waals surface area contributed by atoms with Crippen LogP contribution in [0.2, 0.25) is 0 Å². The van der Waals surface area contributed by atoms with Gasteiger partial charge in [-0.2, -0.15) is 0 Å². The molecule has 10 heteroatoms. The monoisotopic (exact) mass is 470 g/mol. The highest BCUT2D eigenvalue weighted by Gasteiger charge is 2.42. The van der Waals surface area contributed by atoms with Gasteiger partial charge in [0.05, 0.1) is 19.8 Å². The van der Waals surface area contributed by atoms with Gasteiger partial charge in [0.15, 0.2) is 5.60 Å². The zero-order valence-electron chi connectivity index (χ0n) is 14.9. The molecule has 1 aliphatic heterocycles. The van der Waals surface area contributed by atoms with Crippen molar-refractivity contribution in [3.05, 3.63) is 50.9 Å². The van der Waals surface area contributed by atoms with Gasteiger partial charge in [0.25, 0.3) is 0 Å². The smallest absolute Gasteiger partial charge is 0.410 e. The normalized spacial score (nSPS) is 19.8. The SMILES string of the molecule is O=C(O)COC1(c2nc(Br)cs2)COCCN(C(=O)OCc2ccccc2)C1. The van der Waals surface area contributed by atoms with Crippen LogP contribution in [-0.2, 0) is 31.2 Å². The summed E-state index contributed by atoms with van der Waals surface area (Å²) in [6.07, 6.45) is -0.520. The van der Waals surface area contributed by atoms with Crippen molar-refractivity contribution >= 4 is 39.3 Å². The number of hydrogen-bond donors (Lipinski definition) is 1. The predicted molar refractivity (Wildman–Crippen MR) is 104 cm³/mol. The quantitative estimate of drug-likeness (QED) is 0.692. The van der Waals surface area contributed by atoms with E-state index >= 15 is 0 Å². The van der Waals surface area contributed by atoms with Gasteiger partial charge >= 0.3 is 12.1 Å². The van der Waals surface area contributed by atoms with Gasteiger partial charge in [0.1, 0.15) is 22.8 Å². The van der Waals surface area contributed by atoms with Crippen LogP contribution >= 0.6 is 27.3 Å². The molecule has 1 unspecified atom stereocenters. The topological polar surface area (TPSA) is 98.2 Å². The van der Waals surface area contributed by atoms with Gasteiger partial charge in [-0.1, -0.05) is 30.3 Å². The highest BCUT2D eigenvalue weighted by atomic mass is 79.9. The second-order valence-corrected chi connectivity index (χ2v) is 7.84. The number of halogens is 1. The zero-order chi connectivity index (χ0) is 20.0. The number of carboxylic acid groups (broad SMARTS) is 1. The average Bonchev–Trinajstić information content (AvgIpc) is 3.01. The zero-order valence-corrected chi connectivity index (χ0v) is 17.3. The maximum atomic E-state index is 12.6. The van der Waals surface area contributed by atoms with Crippen LogP contribution in [0.3, 0.4) is 0 Å². The van der Waals surface area contributed by atoms with Crippen molar-refractivity contribution in [2.45, 2.75) is 12.2 Å². The van der Waals surface area contributed by atoms with E-state index in [2.05, 4.69) is 20.9 Å². The van der Waals surface area contributed by atoms with Crippen LogP contribution in [0, 0.1) is 0 Å². The molecule has 1 aromatic carbocycles. The number of nitrogens with zero attached hydrogens (tertiary/aromatic N) is 2. The number of aliphatic carboxylic acids is 1. The number of thiazole rings is 1. The van der Waals surface area contributed by atoms with Crippen molar-refractivity contribution in [2.24, 2.45) is 0 Å². The Morgan fingerprint density at radius 3 is 2.82 bits per heavy atom. The first kappa shape index (κ1) is 20.7. The van der Waals surface area contributed by atoms with Crippen molar-refractivity contribution in [1.29, 1.82) is 0 Å². The summed E-state index contributed by atoms with van der Waals surface area (Å²) in [4.78, 5) is 29.6. The predicted octanol–water partition coefficient (Wildman–Crippen LogP) is 2.87. The number of carbonyl (C=O) groups is 2. The van der Waals surface area contributed by atoms with Crippen LogP contribution in [0.25, 0.3) is 0 Å². The van der Waals surface area contributed by atoms with Gasteiger partial charge in [-0.05, 0) is 21.5 Å². The minimum Gasteiger partial charge on any atom is -0.480 e. The third-order valence-electron chi connectivity index (χ3n) is 4.09. The molecular weight excluding hydrogens is 452 g/mol. The minimum absolute atomic E-state index is 0.0772. The Hall–Kier alpha value is -2.01. The van der Waals surface area contributed by atoms with Crippen molar-refractivity contribution < 1.29 is 28.9 Å². The summed E-state index contributed by atoms with van der Waals surface area (Å²) in [6, 6.07) is 9.36. The molecule has 0 saturated carbocycles. The van der Waals surface area contributed by atoms with Crippen molar-refractivity contribution in [3.8, 4) is 0 Å². The number of aromatic nitrogens is 1. The summed E-state index contributed by atoms with van der Waals surface area (Å²) in [5.41, 5.74) is -0.309. The summed E-state index contributed by atoms with van der Waals surface area (Å²) >= 11 is 4.60. The molecule has 0 aliphatic carbocycles. The number of carbonyl (C=O) groups excluding carboxylic acids is 1. The molecular formula is C18H19BrN2O6S. The number of ether oxygens (including phenoxy) is 3. The lowest BCUT2D eigenvalue weighted by Gasteiger charge is -2.32. The molecule has 1 amide bonds. The number of hydrogen-bond acceptors (Lipinski definition) is 7. The van der Waals surface area contributed by atoms with Crippen LogP contribution in [0.15, 0.2) is 40.3 Å². The Labute approximate surface area is 174 Å². The highest BCUT2D eigenvalue weighted by molar-refractivity contribution is 9.10. The summed E-state index contributed by atoms with van der Waals surface area (Å²) in [6.45, 7) is 0.357. The number of benzene rings is 1. The van der Waals surface area contributed by atoms with Gasteiger partial charge in [-0.25, -0.2) is 14.6 Å². The van der Waals surface area contributed by atoms with Crippen molar-refractivity contribution in [3.63, 3.8) is 0 Å². The Balaban J connectivity index is 1.76. The molecule has 28 heavy (non-hydrogen) atoms. The molecule has 1 aromatic heterocycles. The van der Waals surface area contributed by atoms with E-state index in [1.807, 2.05) is 30.3 Å². The van der Waals surface area contributed by atoms with Crippen LogP contribution in [0.4, 0.5) is 4.79 Å². The Morgan fingerprint density at radius 1 is 1.36 bits per heavy atom. The molecule has 1 atom stereocenters. The van der Waals surface area contributed by atoms with E-state index in [4.69, 9.17) is 19.3 Å². The third kappa shape index (κ3) is 5.28. The van der Waals surface area contributed by atoms with Crippen LogP contribution in [0.5, 0.6) is 0 Å². The van der Waals surface area contributed by atoms with E-state index in [0.29, 0.717) is 16.2 Å². The highest BCUT2D eigenvalue weighted by Crippen LogP contribution is 2.33. The summed E-state index contributed by atoms with van der Waals surface area (Å²) in [5, 5.41) is 11.4. The molecule has 0 radical (unpaired) electrons. The van der Waals surface area contributed by atoms with Gasteiger partial charge < -0.3 is 24.2 Å². The first-order valence-corrected chi connectivity index (χ1v) is 10.2. The number of rotatable bonds is 6. The summed E-state index contributed by atoms with van der Waals surface area (Å²) < 4.78 is 17.4. The first-order chi connectivity index (χ1) is 13.5. The van der Waals surface area contributed by atoms with Gasteiger partial charge in [-0.15, -0.1) is 11.3 Å². The van der Waals surface area contributed by atoms with E-state index < -0.39 is 24.3 Å². The minimum atomic E-state index is -1.18. The molecule has 2 aromatic rings. The molecule has 1 N–H and O–H groups in total. The van der Waals surface area contributed by atoms with Gasteiger partial charge in [0.2, 0.25) is 0 Å². The first-order valence-electron chi connectivity index (χ1n) is 8.49. The van der Waals surface area contributed by atoms with Gasteiger partial charge in [-0.3, -0.25) is 0 Å². The van der Waals surface area contributed by atoms with Crippen molar-refractivity contribution in [1.82, 2.24) is 9.88 Å². The third-order valence-corrected chi connectivity index (χ3v) is 5.83. The van der Waals surface area contributed by atoms with E-state index in [9.17, 15) is 9.59 Å². The number of amides is 1. The second-order valence-electron chi connectivity index (χ2n) is 6.17. The maximum absolute atomic E-state index is 12.6. The molecule has 0 bridgehead atoms. The molecule has 0 spiro atoms. The van der Waals surface area contributed by atoms with E-state index in [0.717, 1.165) is 5.56 Å². The maximum Gasteiger partial charge on any atom is 0.410 e. The lowest BCUT2D eigenvalue weighted by molar-refractivity contribution is -0.155. The fourth-order valence-electron chi connectivity index (χ4n) is 2.75. The largest absolute Gasteiger partial charge is 0.480 e. The molecule has 1 saturated heterocycles. The molecule has 2 heterocycles.